The second kappa shape index (κ2) is 27.0. The third-order valence-corrected chi connectivity index (χ3v) is 12.4. The molecule has 0 N–H and O–H groups in total. The zero-order valence-corrected chi connectivity index (χ0v) is 34.7. The normalized spacial score (nSPS) is 29.9. The highest BCUT2D eigenvalue weighted by molar-refractivity contribution is 5.81. The first-order chi connectivity index (χ1) is 23.8. The molecule has 0 saturated heterocycles. The Kier molecular flexibility index (Phi) is 25.0. The van der Waals surface area contributed by atoms with Crippen molar-refractivity contribution < 1.29 is 9.59 Å². The van der Waals surface area contributed by atoms with Gasteiger partial charge in [-0.25, -0.2) is 0 Å². The minimum Gasteiger partial charge on any atom is -0.300 e. The zero-order chi connectivity index (χ0) is 37.5. The lowest BCUT2D eigenvalue weighted by molar-refractivity contribution is -0.118. The predicted molar refractivity (Wildman–Crippen MR) is 222 cm³/mol. The predicted octanol–water partition coefficient (Wildman–Crippen LogP) is 15.2. The fourth-order valence-corrected chi connectivity index (χ4v) is 8.88. The number of carbonyl (C=O) groups is 2. The van der Waals surface area contributed by atoms with E-state index in [2.05, 4.69) is 74.8 Å². The first kappa shape index (κ1) is 46.3. The maximum Gasteiger partial charge on any atom is 0.133 e. The summed E-state index contributed by atoms with van der Waals surface area (Å²) >= 11 is 0. The van der Waals surface area contributed by atoms with Crippen molar-refractivity contribution >= 4 is 11.6 Å². The third kappa shape index (κ3) is 20.4. The van der Waals surface area contributed by atoms with Crippen molar-refractivity contribution in [2.24, 2.45) is 41.4 Å². The average Bonchev–Trinajstić information content (AvgIpc) is 3.95. The summed E-state index contributed by atoms with van der Waals surface area (Å²) in [5, 5.41) is 0. The van der Waals surface area contributed by atoms with Crippen LogP contribution in [0.1, 0.15) is 203 Å². The Morgan fingerprint density at radius 2 is 0.940 bits per heavy atom. The molecule has 6 fully saturated rings. The molecular weight excluding hydrogens is 609 g/mol. The van der Waals surface area contributed by atoms with E-state index in [9.17, 15) is 9.59 Å². The fourth-order valence-electron chi connectivity index (χ4n) is 8.88. The number of Topliss-reactive ketones (excluding diaryl/α,β-unsaturated/α-hetero) is 2. The summed E-state index contributed by atoms with van der Waals surface area (Å²) < 4.78 is 0. The van der Waals surface area contributed by atoms with Crippen molar-refractivity contribution in [3.8, 4) is 0 Å². The Bertz CT molecular complexity index is 993. The Balaban J connectivity index is 0.000000302. The molecule has 0 radical (unpaired) electrons. The molecule has 6 saturated carbocycles. The van der Waals surface area contributed by atoms with Crippen molar-refractivity contribution in [3.63, 3.8) is 0 Å². The van der Waals surface area contributed by atoms with Crippen LogP contribution in [0.5, 0.6) is 0 Å². The molecule has 0 aliphatic heterocycles. The van der Waals surface area contributed by atoms with Crippen LogP contribution in [-0.2, 0) is 9.59 Å². The van der Waals surface area contributed by atoms with Gasteiger partial charge in [0.05, 0.1) is 0 Å². The van der Waals surface area contributed by atoms with Crippen molar-refractivity contribution in [1.29, 1.82) is 0 Å². The Morgan fingerprint density at radius 3 is 1.22 bits per heavy atom. The molecule has 2 heteroatoms. The summed E-state index contributed by atoms with van der Waals surface area (Å²) in [5.41, 5.74) is 5.85. The number of allylic oxidation sites excluding steroid dienone is 4. The van der Waals surface area contributed by atoms with Crippen molar-refractivity contribution in [1.82, 2.24) is 0 Å². The highest BCUT2D eigenvalue weighted by Crippen LogP contribution is 2.34. The number of ketones is 2. The van der Waals surface area contributed by atoms with Crippen molar-refractivity contribution in [3.05, 3.63) is 48.6 Å². The van der Waals surface area contributed by atoms with E-state index in [1.54, 1.807) is 0 Å². The van der Waals surface area contributed by atoms with Gasteiger partial charge in [-0.3, -0.25) is 9.59 Å². The molecule has 0 aromatic heterocycles. The topological polar surface area (TPSA) is 34.1 Å². The first-order valence-corrected chi connectivity index (χ1v) is 21.5. The van der Waals surface area contributed by atoms with E-state index < -0.39 is 0 Å². The van der Waals surface area contributed by atoms with Crippen LogP contribution in [0.3, 0.4) is 0 Å². The molecule has 0 heterocycles. The molecule has 6 aliphatic carbocycles. The van der Waals surface area contributed by atoms with Gasteiger partial charge in [-0.2, -0.15) is 0 Å². The second-order valence-electron chi connectivity index (χ2n) is 17.2. The summed E-state index contributed by atoms with van der Waals surface area (Å²) in [7, 11) is 0. The van der Waals surface area contributed by atoms with Crippen molar-refractivity contribution in [2.75, 3.05) is 0 Å². The van der Waals surface area contributed by atoms with E-state index in [0.29, 0.717) is 35.2 Å². The van der Waals surface area contributed by atoms with Gasteiger partial charge in [0.15, 0.2) is 0 Å². The van der Waals surface area contributed by atoms with Crippen LogP contribution in [-0.4, -0.2) is 11.6 Å². The molecule has 7 atom stereocenters. The standard InChI is InChI=1S/2C9H16O.C9H16.C8H14.C7H12.C6H10/c1-3-4-8-6-9(10)5-7(8)2;1-3-7-5-9(10)6-8(7)4-2;1-3-4-9-6-5-8(2)7-9;1-3-8-5-4-7(2)6-8;1-6-3-4-7(2)5-6;1-6-4-2-3-5-6/h2*7-8H,3-6H2,1-2H3;9H,2-7H2,1H3;8H,2-6H2,1H3;7H,1,3-5H2,2H3;1-5H2/t;7-,8-;;;;/m.1..../s1. The maximum atomic E-state index is 11.0. The molecule has 6 rings (SSSR count). The van der Waals surface area contributed by atoms with Gasteiger partial charge < -0.3 is 0 Å². The number of carbonyl (C=O) groups excluding carboxylic acids is 2. The van der Waals surface area contributed by atoms with E-state index >= 15 is 0 Å². The van der Waals surface area contributed by atoms with E-state index in [1.165, 1.54) is 151 Å². The molecule has 0 bridgehead atoms. The van der Waals surface area contributed by atoms with Gasteiger partial charge in [0, 0.05) is 25.7 Å². The lowest BCUT2D eigenvalue weighted by Gasteiger charge is -2.13. The van der Waals surface area contributed by atoms with E-state index in [-0.39, 0.29) is 0 Å². The smallest absolute Gasteiger partial charge is 0.133 e. The first-order valence-electron chi connectivity index (χ1n) is 21.5. The zero-order valence-electron chi connectivity index (χ0n) is 34.7. The quantitative estimate of drug-likeness (QED) is 0.249. The molecule has 0 amide bonds. The Labute approximate surface area is 312 Å². The molecule has 2 nitrogen and oxygen atoms in total. The van der Waals surface area contributed by atoms with Crippen LogP contribution in [0, 0.1) is 41.4 Å². The van der Waals surface area contributed by atoms with E-state index in [1.807, 2.05) is 0 Å². The van der Waals surface area contributed by atoms with Gasteiger partial charge in [0.25, 0.3) is 0 Å². The van der Waals surface area contributed by atoms with Gasteiger partial charge in [-0.15, -0.1) is 0 Å². The molecule has 0 spiro atoms. The fraction of sp³-hybridized carbons (Fsp3) is 0.792. The minimum atomic E-state index is 0.478. The Morgan fingerprint density at radius 1 is 0.480 bits per heavy atom. The monoisotopic (exact) mass is 693 g/mol. The highest BCUT2D eigenvalue weighted by Gasteiger charge is 2.30. The molecule has 288 valence electrons. The van der Waals surface area contributed by atoms with Gasteiger partial charge in [0.1, 0.15) is 11.6 Å². The molecule has 6 aliphatic rings. The van der Waals surface area contributed by atoms with Crippen LogP contribution in [0.15, 0.2) is 48.6 Å². The third-order valence-electron chi connectivity index (χ3n) is 12.4. The van der Waals surface area contributed by atoms with Gasteiger partial charge in [0.2, 0.25) is 0 Å². The minimum absolute atomic E-state index is 0.478. The van der Waals surface area contributed by atoms with E-state index in [0.717, 1.165) is 43.4 Å². The highest BCUT2D eigenvalue weighted by atomic mass is 16.1. The summed E-state index contributed by atoms with van der Waals surface area (Å²) in [4.78, 5) is 21.9. The number of hydrogen-bond acceptors (Lipinski definition) is 2. The molecule has 50 heavy (non-hydrogen) atoms. The Hall–Kier alpha value is -1.70. The van der Waals surface area contributed by atoms with Gasteiger partial charge >= 0.3 is 0 Å². The average molecular weight is 693 g/mol. The lowest BCUT2D eigenvalue weighted by Crippen LogP contribution is -2.04. The van der Waals surface area contributed by atoms with Crippen LogP contribution < -0.4 is 0 Å². The number of hydrogen-bond donors (Lipinski definition) is 0. The second-order valence-corrected chi connectivity index (χ2v) is 17.2. The van der Waals surface area contributed by atoms with Crippen LogP contribution in [0.25, 0.3) is 0 Å². The summed E-state index contributed by atoms with van der Waals surface area (Å²) in [6.45, 7) is 31.3. The summed E-state index contributed by atoms with van der Waals surface area (Å²) in [5.74, 6) is 6.63. The van der Waals surface area contributed by atoms with Gasteiger partial charge in [-0.05, 0) is 125 Å². The summed E-state index contributed by atoms with van der Waals surface area (Å²) in [6, 6.07) is 0. The maximum absolute atomic E-state index is 11.0. The molecular formula is C48H84O2. The molecule has 5 unspecified atom stereocenters. The molecule has 0 aromatic rings. The van der Waals surface area contributed by atoms with Crippen molar-refractivity contribution in [2.45, 2.75) is 203 Å². The summed E-state index contributed by atoms with van der Waals surface area (Å²) in [6.07, 6.45) is 29.6. The number of rotatable bonds is 7. The SMILES string of the molecule is C=C1CCC(C)C1.C=C1CCC(CC)C1.C=C1CCC(CCC)C1.C=C1CCCC1.CCCC1CC(=O)CC1C.CC[C@@H]1CC(=O)C[C@H]1CC. The largest absolute Gasteiger partial charge is 0.300 e. The van der Waals surface area contributed by atoms with Crippen LogP contribution >= 0.6 is 0 Å². The lowest BCUT2D eigenvalue weighted by atomic mass is 9.92. The van der Waals surface area contributed by atoms with Crippen LogP contribution in [0.4, 0.5) is 0 Å². The van der Waals surface area contributed by atoms with E-state index in [4.69, 9.17) is 0 Å². The van der Waals surface area contributed by atoms with Gasteiger partial charge in [-0.1, -0.05) is 142 Å². The van der Waals surface area contributed by atoms with Crippen LogP contribution in [0.2, 0.25) is 0 Å². The molecule has 0 aromatic carbocycles.